The van der Waals surface area contributed by atoms with E-state index in [1.54, 1.807) is 12.1 Å². The highest BCUT2D eigenvalue weighted by atomic mass is 32.2. The fourth-order valence-electron chi connectivity index (χ4n) is 3.89. The molecule has 0 amide bonds. The summed E-state index contributed by atoms with van der Waals surface area (Å²) >= 11 is 1.47. The zero-order chi connectivity index (χ0) is 22.0. The van der Waals surface area contributed by atoms with E-state index < -0.39 is 10.0 Å². The monoisotopic (exact) mass is 475 g/mol. The lowest BCUT2D eigenvalue weighted by atomic mass is 10.3. The van der Waals surface area contributed by atoms with E-state index in [1.165, 1.54) is 16.1 Å². The molecule has 0 spiro atoms. The quantitative estimate of drug-likeness (QED) is 0.482. The Morgan fingerprint density at radius 1 is 0.938 bits per heavy atom. The minimum atomic E-state index is -3.56. The number of hydrogen-bond donors (Lipinski definition) is 0. The van der Waals surface area contributed by atoms with Gasteiger partial charge in [0, 0.05) is 26.2 Å². The first-order chi connectivity index (χ1) is 15.6. The molecule has 32 heavy (non-hydrogen) atoms. The normalized spacial score (nSPS) is 17.8. The molecule has 11 heteroatoms. The van der Waals surface area contributed by atoms with Crippen molar-refractivity contribution in [1.29, 1.82) is 0 Å². The van der Waals surface area contributed by atoms with Crippen LogP contribution in [0.25, 0.3) is 5.69 Å². The van der Waals surface area contributed by atoms with Crippen LogP contribution in [0.3, 0.4) is 0 Å². The van der Waals surface area contributed by atoms with Crippen molar-refractivity contribution in [1.82, 2.24) is 19.1 Å². The van der Waals surface area contributed by atoms with Gasteiger partial charge in [0.1, 0.15) is 5.76 Å². The first kappa shape index (κ1) is 21.5. The average Bonchev–Trinajstić information content (AvgIpc) is 3.60. The second-order valence-corrected chi connectivity index (χ2v) is 10.5. The Morgan fingerprint density at radius 2 is 1.69 bits per heavy atom. The number of morpholine rings is 1. The first-order valence-corrected chi connectivity index (χ1v) is 13.1. The van der Waals surface area contributed by atoms with Gasteiger partial charge in [0.25, 0.3) is 10.0 Å². The van der Waals surface area contributed by atoms with Crippen molar-refractivity contribution >= 4 is 27.7 Å². The van der Waals surface area contributed by atoms with Gasteiger partial charge in [0.15, 0.2) is 5.16 Å². The van der Waals surface area contributed by atoms with E-state index in [2.05, 4.69) is 15.1 Å². The Bertz CT molecular complexity index is 1150. The molecule has 4 heterocycles. The van der Waals surface area contributed by atoms with Crippen LogP contribution < -0.4 is 4.90 Å². The highest BCUT2D eigenvalue weighted by molar-refractivity contribution is 7.98. The summed E-state index contributed by atoms with van der Waals surface area (Å²) in [6.07, 6.45) is 1.78. The summed E-state index contributed by atoms with van der Waals surface area (Å²) in [6, 6.07) is 13.2. The molecule has 3 aromatic rings. The summed E-state index contributed by atoms with van der Waals surface area (Å²) in [6.45, 7) is 3.93. The van der Waals surface area contributed by atoms with E-state index in [9.17, 15) is 8.42 Å². The highest BCUT2D eigenvalue weighted by Crippen LogP contribution is 2.31. The molecule has 2 saturated heterocycles. The minimum absolute atomic E-state index is 0.00790. The molecule has 1 aromatic carbocycles. The molecule has 170 valence electrons. The highest BCUT2D eigenvalue weighted by Gasteiger charge is 2.30. The summed E-state index contributed by atoms with van der Waals surface area (Å²) in [5.74, 6) is 1.81. The van der Waals surface area contributed by atoms with Crippen LogP contribution in [0, 0.1) is 0 Å². The first-order valence-electron chi connectivity index (χ1n) is 10.7. The number of anilines is 1. The molecule has 0 N–H and O–H groups in total. The van der Waals surface area contributed by atoms with Crippen LogP contribution in [0.4, 0.5) is 5.95 Å². The van der Waals surface area contributed by atoms with E-state index in [4.69, 9.17) is 9.15 Å². The molecule has 5 rings (SSSR count). The van der Waals surface area contributed by atoms with Crippen molar-refractivity contribution in [2.24, 2.45) is 0 Å². The summed E-state index contributed by atoms with van der Waals surface area (Å²) in [7, 11) is -3.56. The van der Waals surface area contributed by atoms with E-state index >= 15 is 0 Å². The van der Waals surface area contributed by atoms with E-state index in [0.29, 0.717) is 37.8 Å². The molecule has 9 nitrogen and oxygen atoms in total. The number of para-hydroxylation sites is 1. The van der Waals surface area contributed by atoms with Gasteiger partial charge in [0.05, 0.1) is 24.7 Å². The predicted molar refractivity (Wildman–Crippen MR) is 121 cm³/mol. The Balaban J connectivity index is 1.37. The summed E-state index contributed by atoms with van der Waals surface area (Å²) in [5, 5.41) is 9.61. The number of ether oxygens (including phenoxy) is 1. The second-order valence-electron chi connectivity index (χ2n) is 7.67. The maximum absolute atomic E-state index is 12.7. The third-order valence-electron chi connectivity index (χ3n) is 5.56. The summed E-state index contributed by atoms with van der Waals surface area (Å²) < 4.78 is 40.2. The SMILES string of the molecule is O=S(=O)(c1ccc(CSc2nnc(N3CCOCC3)n2-c2ccccc2)o1)N1CCCC1. The van der Waals surface area contributed by atoms with Crippen LogP contribution in [0.1, 0.15) is 18.6 Å². The fourth-order valence-corrected chi connectivity index (χ4v) is 6.18. The Morgan fingerprint density at radius 3 is 2.44 bits per heavy atom. The molecule has 2 fully saturated rings. The van der Waals surface area contributed by atoms with Gasteiger partial charge in [-0.15, -0.1) is 10.2 Å². The lowest BCUT2D eigenvalue weighted by molar-refractivity contribution is 0.122. The molecule has 0 unspecified atom stereocenters. The van der Waals surface area contributed by atoms with E-state index in [0.717, 1.165) is 42.7 Å². The molecule has 0 aliphatic carbocycles. The molecule has 0 radical (unpaired) electrons. The molecule has 0 saturated carbocycles. The molecule has 0 atom stereocenters. The van der Waals surface area contributed by atoms with Crippen LogP contribution in [-0.2, 0) is 20.5 Å². The van der Waals surface area contributed by atoms with Crippen molar-refractivity contribution in [2.45, 2.75) is 28.8 Å². The van der Waals surface area contributed by atoms with Gasteiger partial charge < -0.3 is 14.1 Å². The standard InChI is InChI=1S/C21H25N5O4S2/c27-32(28,25-10-4-5-11-25)19-9-8-18(30-19)16-31-21-23-22-20(24-12-14-29-15-13-24)26(21)17-6-2-1-3-7-17/h1-3,6-9H,4-5,10-16H2. The number of rotatable bonds is 7. The van der Waals surface area contributed by atoms with Crippen LogP contribution in [-0.4, -0.2) is 66.9 Å². The molecule has 2 aliphatic rings. The maximum atomic E-state index is 12.7. The van der Waals surface area contributed by atoms with E-state index in [1.807, 2.05) is 34.9 Å². The number of nitrogens with zero attached hydrogens (tertiary/aromatic N) is 5. The topological polar surface area (TPSA) is 93.7 Å². The van der Waals surface area contributed by atoms with Gasteiger partial charge in [-0.2, -0.15) is 4.31 Å². The van der Waals surface area contributed by atoms with Crippen molar-refractivity contribution in [3.8, 4) is 5.69 Å². The van der Waals surface area contributed by atoms with E-state index in [-0.39, 0.29) is 5.09 Å². The lowest BCUT2D eigenvalue weighted by Crippen LogP contribution is -2.37. The van der Waals surface area contributed by atoms with Crippen molar-refractivity contribution in [3.63, 3.8) is 0 Å². The lowest BCUT2D eigenvalue weighted by Gasteiger charge is -2.27. The molecule has 0 bridgehead atoms. The van der Waals surface area contributed by atoms with Crippen molar-refractivity contribution in [3.05, 3.63) is 48.2 Å². The Labute approximate surface area is 191 Å². The van der Waals surface area contributed by atoms with Crippen molar-refractivity contribution in [2.75, 3.05) is 44.3 Å². The summed E-state index contributed by atoms with van der Waals surface area (Å²) in [4.78, 5) is 2.17. The van der Waals surface area contributed by atoms with Gasteiger partial charge in [-0.3, -0.25) is 4.57 Å². The third-order valence-corrected chi connectivity index (χ3v) is 8.29. The largest absolute Gasteiger partial charge is 0.447 e. The van der Waals surface area contributed by atoms with Crippen LogP contribution in [0.15, 0.2) is 57.1 Å². The van der Waals surface area contributed by atoms with Gasteiger partial charge in [-0.1, -0.05) is 30.0 Å². The summed E-state index contributed by atoms with van der Waals surface area (Å²) in [5.41, 5.74) is 0.971. The van der Waals surface area contributed by atoms with Crippen LogP contribution >= 0.6 is 11.8 Å². The van der Waals surface area contributed by atoms with Gasteiger partial charge >= 0.3 is 0 Å². The van der Waals surface area contributed by atoms with Crippen molar-refractivity contribution < 1.29 is 17.6 Å². The maximum Gasteiger partial charge on any atom is 0.276 e. The van der Waals surface area contributed by atoms with Gasteiger partial charge in [-0.25, -0.2) is 8.42 Å². The Hall–Kier alpha value is -2.34. The Kier molecular flexibility index (Phi) is 6.22. The number of thioether (sulfide) groups is 1. The fraction of sp³-hybridized carbons (Fsp3) is 0.429. The molecular formula is C21H25N5O4S2. The number of hydrogen-bond acceptors (Lipinski definition) is 8. The zero-order valence-corrected chi connectivity index (χ0v) is 19.2. The smallest absolute Gasteiger partial charge is 0.276 e. The van der Waals surface area contributed by atoms with Crippen LogP contribution in [0.2, 0.25) is 0 Å². The number of benzene rings is 1. The third kappa shape index (κ3) is 4.29. The predicted octanol–water partition coefficient (Wildman–Crippen LogP) is 2.77. The number of sulfonamides is 1. The average molecular weight is 476 g/mol. The molecular weight excluding hydrogens is 450 g/mol. The number of furan rings is 1. The molecule has 2 aliphatic heterocycles. The van der Waals surface area contributed by atoms with Gasteiger partial charge in [0.2, 0.25) is 11.0 Å². The van der Waals surface area contributed by atoms with Gasteiger partial charge in [-0.05, 0) is 37.1 Å². The minimum Gasteiger partial charge on any atom is -0.447 e. The van der Waals surface area contributed by atoms with Crippen LogP contribution in [0.5, 0.6) is 0 Å². The molecule has 2 aromatic heterocycles. The number of aromatic nitrogens is 3. The second kappa shape index (κ2) is 9.26. The zero-order valence-electron chi connectivity index (χ0n) is 17.6.